The van der Waals surface area contributed by atoms with E-state index in [1.54, 1.807) is 24.0 Å². The van der Waals surface area contributed by atoms with Gasteiger partial charge in [0.2, 0.25) is 0 Å². The molecule has 0 aliphatic carbocycles. The average Bonchev–Trinajstić information content (AvgIpc) is 2.27. The Hall–Kier alpha value is -0.770. The molecule has 82 valence electrons. The second-order valence-corrected chi connectivity index (χ2v) is 4.91. The number of benzene rings is 1. The smallest absolute Gasteiger partial charge is 0.140 e. The molecule has 1 aromatic carbocycles. The van der Waals surface area contributed by atoms with Crippen molar-refractivity contribution in [2.75, 3.05) is 0 Å². The Morgan fingerprint density at radius 2 is 2.06 bits per heavy atom. The van der Waals surface area contributed by atoms with E-state index in [1.165, 1.54) is 0 Å². The monoisotopic (exact) mass is 270 g/mol. The molecule has 2 rings (SSSR count). The molecule has 2 nitrogen and oxygen atoms in total. The molecule has 0 atom stereocenters. The van der Waals surface area contributed by atoms with Crippen LogP contribution < -0.4 is 0 Å². The molecule has 0 aliphatic heterocycles. The Labute approximate surface area is 108 Å². The topological polar surface area (TPSA) is 25.8 Å². The van der Waals surface area contributed by atoms with E-state index in [-0.39, 0.29) is 0 Å². The average molecular weight is 271 g/mol. The number of aromatic nitrogens is 2. The lowest BCUT2D eigenvalue weighted by Gasteiger charge is -2.01. The van der Waals surface area contributed by atoms with Crippen molar-refractivity contribution in [1.82, 2.24) is 9.97 Å². The van der Waals surface area contributed by atoms with Gasteiger partial charge in [-0.05, 0) is 24.3 Å². The molecule has 16 heavy (non-hydrogen) atoms. The van der Waals surface area contributed by atoms with E-state index in [2.05, 4.69) is 9.97 Å². The molecule has 0 N–H and O–H groups in total. The number of nitrogens with zero attached hydrogens (tertiary/aromatic N) is 2. The third-order valence-electron chi connectivity index (χ3n) is 1.84. The number of thioether (sulfide) groups is 1. The van der Waals surface area contributed by atoms with Crippen molar-refractivity contribution in [1.29, 1.82) is 0 Å². The van der Waals surface area contributed by atoms with Crippen LogP contribution in [-0.2, 0) is 5.75 Å². The minimum Gasteiger partial charge on any atom is -0.240 e. The summed E-state index contributed by atoms with van der Waals surface area (Å²) in [5, 5.41) is 1.20. The summed E-state index contributed by atoms with van der Waals surface area (Å²) in [4.78, 5) is 9.33. The fraction of sp³-hybridized carbons (Fsp3) is 0.0909. The fourth-order valence-corrected chi connectivity index (χ4v) is 2.38. The van der Waals surface area contributed by atoms with Gasteiger partial charge < -0.3 is 0 Å². The third kappa shape index (κ3) is 3.37. The van der Waals surface area contributed by atoms with Crippen molar-refractivity contribution in [3.8, 4) is 0 Å². The van der Waals surface area contributed by atoms with Gasteiger partial charge in [-0.1, -0.05) is 29.3 Å². The first-order valence-corrected chi connectivity index (χ1v) is 6.34. The van der Waals surface area contributed by atoms with Gasteiger partial charge in [0.1, 0.15) is 11.0 Å². The maximum atomic E-state index is 5.89. The highest BCUT2D eigenvalue weighted by Gasteiger charge is 2.00. The molecule has 0 fully saturated rings. The first-order chi connectivity index (χ1) is 7.74. The third-order valence-corrected chi connectivity index (χ3v) is 3.27. The van der Waals surface area contributed by atoms with Crippen LogP contribution in [0.15, 0.2) is 41.4 Å². The van der Waals surface area contributed by atoms with Crippen molar-refractivity contribution in [3.63, 3.8) is 0 Å². The second-order valence-electron chi connectivity index (χ2n) is 3.04. The molecule has 0 amide bonds. The molecular formula is C11H8Cl2N2S. The maximum absolute atomic E-state index is 5.89. The molecule has 1 aromatic heterocycles. The van der Waals surface area contributed by atoms with Gasteiger partial charge in [-0.25, -0.2) is 9.97 Å². The fourth-order valence-electron chi connectivity index (χ4n) is 1.15. The summed E-state index contributed by atoms with van der Waals surface area (Å²) in [5.74, 6) is 1.40. The summed E-state index contributed by atoms with van der Waals surface area (Å²) >= 11 is 13.3. The van der Waals surface area contributed by atoms with Gasteiger partial charge in [0.25, 0.3) is 0 Å². The first kappa shape index (κ1) is 11.7. The summed E-state index contributed by atoms with van der Waals surface area (Å²) in [6, 6.07) is 9.35. The van der Waals surface area contributed by atoms with Gasteiger partial charge in [-0.15, -0.1) is 11.8 Å². The lowest BCUT2D eigenvalue weighted by atomic mass is 10.4. The van der Waals surface area contributed by atoms with E-state index in [0.29, 0.717) is 10.9 Å². The van der Waals surface area contributed by atoms with Crippen LogP contribution in [0.2, 0.25) is 10.2 Å². The Bertz CT molecular complexity index is 445. The molecule has 0 spiro atoms. The van der Waals surface area contributed by atoms with Crippen LogP contribution in [0.25, 0.3) is 0 Å². The predicted molar refractivity (Wildman–Crippen MR) is 68.1 cm³/mol. The van der Waals surface area contributed by atoms with E-state index in [4.69, 9.17) is 23.2 Å². The van der Waals surface area contributed by atoms with E-state index in [9.17, 15) is 0 Å². The SMILES string of the molecule is Clc1cccc(SCc2nccc(Cl)n2)c1. The quantitative estimate of drug-likeness (QED) is 0.621. The molecule has 0 bridgehead atoms. The number of rotatable bonds is 3. The van der Waals surface area contributed by atoms with Crippen LogP contribution in [0.1, 0.15) is 5.82 Å². The lowest BCUT2D eigenvalue weighted by Crippen LogP contribution is -1.91. The van der Waals surface area contributed by atoms with E-state index >= 15 is 0 Å². The summed E-state index contributed by atoms with van der Waals surface area (Å²) < 4.78 is 0. The molecule has 0 aliphatic rings. The zero-order valence-corrected chi connectivity index (χ0v) is 10.6. The standard InChI is InChI=1S/C11H8Cl2N2S/c12-8-2-1-3-9(6-8)16-7-11-14-5-4-10(13)15-11/h1-6H,7H2. The zero-order valence-electron chi connectivity index (χ0n) is 8.23. The number of halogens is 2. The van der Waals surface area contributed by atoms with Gasteiger partial charge in [-0.2, -0.15) is 0 Å². The molecule has 0 radical (unpaired) electrons. The molecule has 0 saturated carbocycles. The Balaban J connectivity index is 2.02. The summed E-state index contributed by atoms with van der Waals surface area (Å²) in [5.41, 5.74) is 0. The molecular weight excluding hydrogens is 263 g/mol. The van der Waals surface area contributed by atoms with Crippen LogP contribution >= 0.6 is 35.0 Å². The van der Waals surface area contributed by atoms with Crippen molar-refractivity contribution >= 4 is 35.0 Å². The van der Waals surface area contributed by atoms with Crippen LogP contribution in [0.3, 0.4) is 0 Å². The van der Waals surface area contributed by atoms with Gasteiger partial charge in [0.05, 0.1) is 5.75 Å². The molecule has 5 heteroatoms. The van der Waals surface area contributed by atoms with E-state index < -0.39 is 0 Å². The normalized spacial score (nSPS) is 10.4. The minimum absolute atomic E-state index is 0.469. The number of hydrogen-bond acceptors (Lipinski definition) is 3. The van der Waals surface area contributed by atoms with Crippen LogP contribution in [0.5, 0.6) is 0 Å². The molecule has 0 unspecified atom stereocenters. The number of hydrogen-bond donors (Lipinski definition) is 0. The lowest BCUT2D eigenvalue weighted by molar-refractivity contribution is 1.03. The maximum Gasteiger partial charge on any atom is 0.140 e. The Kier molecular flexibility index (Phi) is 4.04. The van der Waals surface area contributed by atoms with Gasteiger partial charge in [0.15, 0.2) is 0 Å². The van der Waals surface area contributed by atoms with Crippen molar-refractivity contribution < 1.29 is 0 Å². The molecule has 0 saturated heterocycles. The summed E-state index contributed by atoms with van der Waals surface area (Å²) in [6.45, 7) is 0. The van der Waals surface area contributed by atoms with Crippen molar-refractivity contribution in [3.05, 3.63) is 52.5 Å². The second kappa shape index (κ2) is 5.53. The molecule has 2 aromatic rings. The predicted octanol–water partition coefficient (Wildman–Crippen LogP) is 4.08. The highest BCUT2D eigenvalue weighted by molar-refractivity contribution is 7.98. The van der Waals surface area contributed by atoms with Gasteiger partial charge in [-0.3, -0.25) is 0 Å². The highest BCUT2D eigenvalue weighted by atomic mass is 35.5. The van der Waals surface area contributed by atoms with Crippen molar-refractivity contribution in [2.45, 2.75) is 10.6 Å². The summed E-state index contributed by atoms with van der Waals surface area (Å²) in [7, 11) is 0. The van der Waals surface area contributed by atoms with E-state index in [0.717, 1.165) is 15.7 Å². The molecule has 1 heterocycles. The van der Waals surface area contributed by atoms with Crippen LogP contribution in [-0.4, -0.2) is 9.97 Å². The van der Waals surface area contributed by atoms with E-state index in [1.807, 2.05) is 24.3 Å². The Morgan fingerprint density at radius 3 is 2.81 bits per heavy atom. The van der Waals surface area contributed by atoms with Gasteiger partial charge in [0, 0.05) is 16.1 Å². The minimum atomic E-state index is 0.469. The van der Waals surface area contributed by atoms with Crippen LogP contribution in [0.4, 0.5) is 0 Å². The van der Waals surface area contributed by atoms with Gasteiger partial charge >= 0.3 is 0 Å². The largest absolute Gasteiger partial charge is 0.240 e. The van der Waals surface area contributed by atoms with Crippen LogP contribution in [0, 0.1) is 0 Å². The highest BCUT2D eigenvalue weighted by Crippen LogP contribution is 2.24. The Morgan fingerprint density at radius 1 is 1.19 bits per heavy atom. The summed E-state index contributed by atoms with van der Waals surface area (Å²) in [6.07, 6.45) is 1.66. The zero-order chi connectivity index (χ0) is 11.4. The first-order valence-electron chi connectivity index (χ1n) is 4.60. The van der Waals surface area contributed by atoms with Crippen molar-refractivity contribution in [2.24, 2.45) is 0 Å².